The number of benzene rings is 3. The van der Waals surface area contributed by atoms with Crippen LogP contribution >= 0.6 is 0 Å². The third-order valence-electron chi connectivity index (χ3n) is 4.59. The molecule has 1 heterocycles. The Kier molecular flexibility index (Phi) is 6.26. The minimum absolute atomic E-state index is 0.122. The second kappa shape index (κ2) is 9.60. The summed E-state index contributed by atoms with van der Waals surface area (Å²) < 4.78 is 16.2. The summed E-state index contributed by atoms with van der Waals surface area (Å²) in [5, 5.41) is 17.5. The third kappa shape index (κ3) is 5.13. The molecule has 4 rings (SSSR count). The second-order valence-electron chi connectivity index (χ2n) is 6.79. The fourth-order valence-corrected chi connectivity index (χ4v) is 3.00. The van der Waals surface area contributed by atoms with Crippen LogP contribution in [-0.2, 0) is 4.79 Å². The summed E-state index contributed by atoms with van der Waals surface area (Å²) in [4.78, 5) is 27.1. The molecular weight excluding hydrogens is 428 g/mol. The molecule has 0 unspecified atom stereocenters. The van der Waals surface area contributed by atoms with Crippen LogP contribution in [0, 0.1) is 10.1 Å². The molecular formula is C23H18N4O6. The average Bonchev–Trinajstić information content (AvgIpc) is 3.33. The van der Waals surface area contributed by atoms with Crippen LogP contribution in [-0.4, -0.2) is 34.7 Å². The maximum absolute atomic E-state index is 12.3. The van der Waals surface area contributed by atoms with Gasteiger partial charge in [-0.2, -0.15) is 4.98 Å². The van der Waals surface area contributed by atoms with Gasteiger partial charge in [-0.1, -0.05) is 23.4 Å². The number of ether oxygens (including phenoxy) is 2. The number of methoxy groups -OCH3 is 1. The van der Waals surface area contributed by atoms with E-state index in [1.54, 1.807) is 49.6 Å². The molecule has 0 aliphatic heterocycles. The van der Waals surface area contributed by atoms with Crippen molar-refractivity contribution < 1.29 is 23.7 Å². The van der Waals surface area contributed by atoms with Crippen LogP contribution in [0.2, 0.25) is 0 Å². The predicted molar refractivity (Wildman–Crippen MR) is 119 cm³/mol. The standard InChI is InChI=1S/C23H18N4O6/c1-31-18-11-9-15(10-12-18)22-25-23(33-26-22)19-7-2-3-8-20(19)32-14-21(28)24-16-5-4-6-17(13-16)27(29)30/h2-13H,14H2,1H3,(H,24,28). The molecule has 4 aromatic rings. The number of hydrogen-bond donors (Lipinski definition) is 1. The fourth-order valence-electron chi connectivity index (χ4n) is 3.00. The zero-order valence-corrected chi connectivity index (χ0v) is 17.4. The van der Waals surface area contributed by atoms with Crippen LogP contribution in [0.25, 0.3) is 22.8 Å². The molecule has 0 spiro atoms. The van der Waals surface area contributed by atoms with Crippen molar-refractivity contribution in [2.75, 3.05) is 19.0 Å². The van der Waals surface area contributed by atoms with Crippen molar-refractivity contribution in [1.29, 1.82) is 0 Å². The maximum atomic E-state index is 12.3. The first-order valence-electron chi connectivity index (χ1n) is 9.78. The zero-order chi connectivity index (χ0) is 23.2. The molecule has 10 heteroatoms. The molecule has 1 amide bonds. The SMILES string of the molecule is COc1ccc(-c2noc(-c3ccccc3OCC(=O)Nc3cccc([N+](=O)[O-])c3)n2)cc1. The number of rotatable bonds is 8. The summed E-state index contributed by atoms with van der Waals surface area (Å²) in [6.45, 7) is -0.320. The number of non-ortho nitro benzene ring substituents is 1. The molecule has 33 heavy (non-hydrogen) atoms. The Hall–Kier alpha value is -4.73. The number of nitrogens with zero attached hydrogens (tertiary/aromatic N) is 3. The lowest BCUT2D eigenvalue weighted by molar-refractivity contribution is -0.384. The van der Waals surface area contributed by atoms with Gasteiger partial charge in [0.1, 0.15) is 11.5 Å². The zero-order valence-electron chi connectivity index (χ0n) is 17.4. The van der Waals surface area contributed by atoms with Crippen LogP contribution in [0.3, 0.4) is 0 Å². The van der Waals surface area contributed by atoms with Crippen molar-refractivity contribution in [1.82, 2.24) is 10.1 Å². The third-order valence-corrected chi connectivity index (χ3v) is 4.59. The lowest BCUT2D eigenvalue weighted by atomic mass is 10.2. The fraction of sp³-hybridized carbons (Fsp3) is 0.0870. The van der Waals surface area contributed by atoms with Gasteiger partial charge in [-0.05, 0) is 42.5 Å². The highest BCUT2D eigenvalue weighted by Crippen LogP contribution is 2.30. The van der Waals surface area contributed by atoms with E-state index in [0.717, 1.165) is 5.56 Å². The van der Waals surface area contributed by atoms with Crippen molar-refractivity contribution in [2.24, 2.45) is 0 Å². The predicted octanol–water partition coefficient (Wildman–Crippen LogP) is 4.34. The van der Waals surface area contributed by atoms with E-state index in [1.807, 2.05) is 12.1 Å². The van der Waals surface area contributed by atoms with Crippen LogP contribution < -0.4 is 14.8 Å². The molecule has 0 fully saturated rings. The lowest BCUT2D eigenvalue weighted by Gasteiger charge is -2.09. The number of carbonyl (C=O) groups is 1. The molecule has 1 aromatic heterocycles. The highest BCUT2D eigenvalue weighted by Gasteiger charge is 2.16. The highest BCUT2D eigenvalue weighted by atomic mass is 16.6. The molecule has 0 saturated carbocycles. The largest absolute Gasteiger partial charge is 0.497 e. The smallest absolute Gasteiger partial charge is 0.271 e. The number of carbonyl (C=O) groups excluding carboxylic acids is 1. The van der Waals surface area contributed by atoms with Gasteiger partial charge < -0.3 is 19.3 Å². The van der Waals surface area contributed by atoms with Gasteiger partial charge >= 0.3 is 0 Å². The minimum Gasteiger partial charge on any atom is -0.497 e. The minimum atomic E-state index is -0.535. The molecule has 0 aliphatic rings. The first kappa shape index (κ1) is 21.5. The summed E-state index contributed by atoms with van der Waals surface area (Å²) in [6.07, 6.45) is 0. The van der Waals surface area contributed by atoms with E-state index in [4.69, 9.17) is 14.0 Å². The summed E-state index contributed by atoms with van der Waals surface area (Å²) in [6, 6.07) is 19.8. The molecule has 166 valence electrons. The Morgan fingerprint density at radius 3 is 2.64 bits per heavy atom. The average molecular weight is 446 g/mol. The van der Waals surface area contributed by atoms with Crippen LogP contribution in [0.5, 0.6) is 11.5 Å². The number of anilines is 1. The van der Waals surface area contributed by atoms with E-state index in [2.05, 4.69) is 15.5 Å². The van der Waals surface area contributed by atoms with Gasteiger partial charge in [0.2, 0.25) is 5.82 Å². The topological polar surface area (TPSA) is 130 Å². The molecule has 0 bridgehead atoms. The van der Waals surface area contributed by atoms with E-state index in [0.29, 0.717) is 28.6 Å². The van der Waals surface area contributed by atoms with E-state index < -0.39 is 10.8 Å². The van der Waals surface area contributed by atoms with Crippen molar-refractivity contribution in [3.63, 3.8) is 0 Å². The van der Waals surface area contributed by atoms with Crippen LogP contribution in [0.1, 0.15) is 0 Å². The van der Waals surface area contributed by atoms with E-state index in [1.165, 1.54) is 18.2 Å². The Bertz CT molecular complexity index is 1290. The molecule has 0 radical (unpaired) electrons. The van der Waals surface area contributed by atoms with Gasteiger partial charge in [0.15, 0.2) is 6.61 Å². The Labute approximate surface area is 187 Å². The molecule has 0 saturated heterocycles. The number of hydrogen-bond acceptors (Lipinski definition) is 8. The maximum Gasteiger partial charge on any atom is 0.271 e. The molecule has 10 nitrogen and oxygen atoms in total. The monoisotopic (exact) mass is 446 g/mol. The summed E-state index contributed by atoms with van der Waals surface area (Å²) in [5.41, 5.74) is 1.45. The Balaban J connectivity index is 1.46. The lowest BCUT2D eigenvalue weighted by Crippen LogP contribution is -2.20. The van der Waals surface area contributed by atoms with Gasteiger partial charge in [0.25, 0.3) is 17.5 Å². The van der Waals surface area contributed by atoms with Crippen molar-refractivity contribution >= 4 is 17.3 Å². The number of amides is 1. The summed E-state index contributed by atoms with van der Waals surface area (Å²) >= 11 is 0. The Morgan fingerprint density at radius 2 is 1.88 bits per heavy atom. The first-order valence-corrected chi connectivity index (χ1v) is 9.78. The number of nitrogens with one attached hydrogen (secondary N) is 1. The Morgan fingerprint density at radius 1 is 1.09 bits per heavy atom. The van der Waals surface area contributed by atoms with Crippen molar-refractivity contribution in [3.8, 4) is 34.3 Å². The van der Waals surface area contributed by atoms with E-state index in [9.17, 15) is 14.9 Å². The molecule has 0 atom stereocenters. The molecule has 1 N–H and O–H groups in total. The first-order chi connectivity index (χ1) is 16.0. The second-order valence-corrected chi connectivity index (χ2v) is 6.79. The molecule has 3 aromatic carbocycles. The van der Waals surface area contributed by atoms with E-state index in [-0.39, 0.29) is 18.2 Å². The van der Waals surface area contributed by atoms with Gasteiger partial charge in [-0.25, -0.2) is 0 Å². The van der Waals surface area contributed by atoms with Crippen LogP contribution in [0.4, 0.5) is 11.4 Å². The quantitative estimate of drug-likeness (QED) is 0.313. The van der Waals surface area contributed by atoms with Gasteiger partial charge in [0, 0.05) is 23.4 Å². The summed E-state index contributed by atoms with van der Waals surface area (Å²) in [7, 11) is 1.59. The van der Waals surface area contributed by atoms with Crippen LogP contribution in [0.15, 0.2) is 77.3 Å². The number of nitro benzene ring substituents is 1. The normalized spacial score (nSPS) is 10.5. The van der Waals surface area contributed by atoms with Gasteiger partial charge in [-0.3, -0.25) is 14.9 Å². The number of para-hydroxylation sites is 1. The number of aromatic nitrogens is 2. The van der Waals surface area contributed by atoms with Gasteiger partial charge in [0.05, 0.1) is 17.6 Å². The van der Waals surface area contributed by atoms with Crippen molar-refractivity contribution in [2.45, 2.75) is 0 Å². The number of nitro groups is 1. The van der Waals surface area contributed by atoms with E-state index >= 15 is 0 Å². The highest BCUT2D eigenvalue weighted by molar-refractivity contribution is 5.92. The van der Waals surface area contributed by atoms with Crippen molar-refractivity contribution in [3.05, 3.63) is 82.9 Å². The van der Waals surface area contributed by atoms with Gasteiger partial charge in [-0.15, -0.1) is 0 Å². The summed E-state index contributed by atoms with van der Waals surface area (Å²) in [5.74, 6) is 1.23. The molecule has 0 aliphatic carbocycles.